The molecule has 6 rings (SSSR count). The number of aromatic nitrogens is 3. The highest BCUT2D eigenvalue weighted by molar-refractivity contribution is 6.33. The summed E-state index contributed by atoms with van der Waals surface area (Å²) in [6.45, 7) is 2.77. The monoisotopic (exact) mass is 627 g/mol. The molecule has 0 spiro atoms. The molecule has 3 aromatic carbocycles. The van der Waals surface area contributed by atoms with E-state index in [2.05, 4.69) is 15.5 Å². The molecular weight excluding hydrogens is 600 g/mol. The number of nitrogens with zero attached hydrogens (tertiary/aromatic N) is 4. The zero-order valence-corrected chi connectivity index (χ0v) is 25.2. The molecule has 11 heteroatoms. The fourth-order valence-electron chi connectivity index (χ4n) is 5.80. The van der Waals surface area contributed by atoms with Gasteiger partial charge in [-0.2, -0.15) is 10.2 Å². The van der Waals surface area contributed by atoms with Crippen LogP contribution in [0.3, 0.4) is 0 Å². The van der Waals surface area contributed by atoms with Gasteiger partial charge in [-0.1, -0.05) is 48.0 Å². The number of halogens is 3. The molecule has 228 valence electrons. The zero-order valence-electron chi connectivity index (χ0n) is 24.4. The molecule has 1 fully saturated rings. The summed E-state index contributed by atoms with van der Waals surface area (Å²) in [7, 11) is 0. The third kappa shape index (κ3) is 5.93. The maximum atomic E-state index is 15.5. The SMILES string of the molecule is CC(=O)c1cn(CC(=O)N2CC(F)CC2C(=O)Nc2cccc(-c3ccccc3Cl)c2F)c2ccc(-c3cnnc(C)c3)cc12. The molecule has 0 bridgehead atoms. The average molecular weight is 628 g/mol. The van der Waals surface area contributed by atoms with Gasteiger partial charge in [-0.25, -0.2) is 8.78 Å². The molecule has 1 aliphatic heterocycles. The van der Waals surface area contributed by atoms with Crippen molar-refractivity contribution in [3.63, 3.8) is 0 Å². The van der Waals surface area contributed by atoms with Crippen LogP contribution < -0.4 is 5.32 Å². The molecule has 1 saturated heterocycles. The predicted octanol–water partition coefficient (Wildman–Crippen LogP) is 6.65. The number of hydrogen-bond donors (Lipinski definition) is 1. The fourth-order valence-corrected chi connectivity index (χ4v) is 6.03. The number of benzene rings is 3. The van der Waals surface area contributed by atoms with E-state index in [9.17, 15) is 18.8 Å². The Hall–Kier alpha value is -4.96. The van der Waals surface area contributed by atoms with Crippen LogP contribution in [-0.2, 0) is 16.1 Å². The number of carbonyl (C=O) groups is 3. The van der Waals surface area contributed by atoms with Crippen molar-refractivity contribution in [2.24, 2.45) is 0 Å². The number of amides is 2. The van der Waals surface area contributed by atoms with E-state index in [1.807, 2.05) is 25.1 Å². The van der Waals surface area contributed by atoms with Gasteiger partial charge in [-0.05, 0) is 49.7 Å². The minimum atomic E-state index is -1.43. The van der Waals surface area contributed by atoms with Gasteiger partial charge in [0, 0.05) is 50.8 Å². The van der Waals surface area contributed by atoms with Gasteiger partial charge in [0.2, 0.25) is 11.8 Å². The number of alkyl halides is 1. The molecule has 1 aliphatic rings. The van der Waals surface area contributed by atoms with Gasteiger partial charge in [-0.3, -0.25) is 14.4 Å². The third-order valence-corrected chi connectivity index (χ3v) is 8.30. The normalized spacial score (nSPS) is 16.2. The van der Waals surface area contributed by atoms with E-state index in [-0.39, 0.29) is 36.5 Å². The average Bonchev–Trinajstić information content (AvgIpc) is 3.59. The summed E-state index contributed by atoms with van der Waals surface area (Å²) in [5.41, 5.74) is 4.00. The Morgan fingerprint density at radius 2 is 1.80 bits per heavy atom. The number of aryl methyl sites for hydroxylation is 1. The highest BCUT2D eigenvalue weighted by Crippen LogP contribution is 2.34. The van der Waals surface area contributed by atoms with Crippen molar-refractivity contribution in [1.82, 2.24) is 19.7 Å². The molecule has 8 nitrogen and oxygen atoms in total. The standard InChI is InChI=1S/C34H28ClF2N5O3/c1-19-12-22(15-38-40-19)21-10-11-30-26(13-21)27(20(2)43)17-41(30)18-32(44)42-16-23(36)14-31(42)34(45)39-29-9-5-7-25(33(29)37)24-6-3-4-8-28(24)35/h3-13,15,17,23,31H,14,16,18H2,1-2H3,(H,39,45). The third-order valence-electron chi connectivity index (χ3n) is 7.97. The first kappa shape index (κ1) is 30.1. The van der Waals surface area contributed by atoms with E-state index in [0.717, 1.165) is 16.8 Å². The lowest BCUT2D eigenvalue weighted by Gasteiger charge is -2.24. The summed E-state index contributed by atoms with van der Waals surface area (Å²) in [5, 5.41) is 11.5. The number of anilines is 1. The van der Waals surface area contributed by atoms with Crippen molar-refractivity contribution < 1.29 is 23.2 Å². The molecule has 45 heavy (non-hydrogen) atoms. The Labute approximate surface area is 262 Å². The van der Waals surface area contributed by atoms with Crippen LogP contribution in [-0.4, -0.2) is 56.0 Å². The van der Waals surface area contributed by atoms with Gasteiger partial charge in [0.05, 0.1) is 24.1 Å². The largest absolute Gasteiger partial charge is 0.337 e. The molecule has 2 amide bonds. The van der Waals surface area contributed by atoms with Crippen molar-refractivity contribution in [3.8, 4) is 22.3 Å². The highest BCUT2D eigenvalue weighted by Gasteiger charge is 2.40. The summed E-state index contributed by atoms with van der Waals surface area (Å²) in [5.74, 6) is -2.09. The summed E-state index contributed by atoms with van der Waals surface area (Å²) in [6.07, 6.45) is 1.57. The summed E-state index contributed by atoms with van der Waals surface area (Å²) < 4.78 is 31.8. The second-order valence-electron chi connectivity index (χ2n) is 11.1. The first-order chi connectivity index (χ1) is 21.6. The summed E-state index contributed by atoms with van der Waals surface area (Å²) >= 11 is 6.26. The van der Waals surface area contributed by atoms with E-state index in [1.54, 1.807) is 59.4 Å². The van der Waals surface area contributed by atoms with Crippen LogP contribution in [0.1, 0.15) is 29.4 Å². The maximum absolute atomic E-state index is 15.5. The van der Waals surface area contributed by atoms with E-state index in [0.29, 0.717) is 27.1 Å². The number of likely N-dealkylation sites (tertiary alicyclic amines) is 1. The predicted molar refractivity (Wildman–Crippen MR) is 168 cm³/mol. The molecule has 0 aliphatic carbocycles. The van der Waals surface area contributed by atoms with Crippen molar-refractivity contribution in [1.29, 1.82) is 0 Å². The van der Waals surface area contributed by atoms with Crippen molar-refractivity contribution >= 4 is 45.8 Å². The Kier molecular flexibility index (Phi) is 8.16. The highest BCUT2D eigenvalue weighted by atomic mass is 35.5. The minimum absolute atomic E-state index is 0.106. The topological polar surface area (TPSA) is 97.2 Å². The van der Waals surface area contributed by atoms with Crippen LogP contribution in [0, 0.1) is 12.7 Å². The number of carbonyl (C=O) groups excluding carboxylic acids is 3. The van der Waals surface area contributed by atoms with Gasteiger partial charge in [0.25, 0.3) is 0 Å². The van der Waals surface area contributed by atoms with Gasteiger partial charge < -0.3 is 14.8 Å². The number of ketones is 1. The molecule has 2 unspecified atom stereocenters. The number of rotatable bonds is 7. The van der Waals surface area contributed by atoms with E-state index >= 15 is 4.39 Å². The number of hydrogen-bond acceptors (Lipinski definition) is 5. The van der Waals surface area contributed by atoms with Crippen LogP contribution in [0.15, 0.2) is 79.1 Å². The maximum Gasteiger partial charge on any atom is 0.247 e. The lowest BCUT2D eigenvalue weighted by atomic mass is 10.0. The number of nitrogens with one attached hydrogen (secondary N) is 1. The second-order valence-corrected chi connectivity index (χ2v) is 11.5. The first-order valence-corrected chi connectivity index (χ1v) is 14.7. The Balaban J connectivity index is 1.25. The number of Topliss-reactive ketones (excluding diaryl/α,β-unsaturated/α-hetero) is 1. The minimum Gasteiger partial charge on any atom is -0.337 e. The van der Waals surface area contributed by atoms with Crippen molar-refractivity contribution in [2.45, 2.75) is 39.0 Å². The van der Waals surface area contributed by atoms with Crippen molar-refractivity contribution in [2.75, 3.05) is 11.9 Å². The molecule has 5 aromatic rings. The van der Waals surface area contributed by atoms with Crippen molar-refractivity contribution in [3.05, 3.63) is 101 Å². The van der Waals surface area contributed by atoms with Gasteiger partial charge in [0.1, 0.15) is 18.8 Å². The lowest BCUT2D eigenvalue weighted by molar-refractivity contribution is -0.137. The van der Waals surface area contributed by atoms with Gasteiger partial charge in [0.15, 0.2) is 11.6 Å². The van der Waals surface area contributed by atoms with E-state index in [4.69, 9.17) is 11.6 Å². The smallest absolute Gasteiger partial charge is 0.247 e. The molecule has 0 radical (unpaired) electrons. The van der Waals surface area contributed by atoms with E-state index < -0.39 is 29.8 Å². The fraction of sp³-hybridized carbons (Fsp3) is 0.206. The Morgan fingerprint density at radius 1 is 1.02 bits per heavy atom. The Morgan fingerprint density at radius 3 is 2.56 bits per heavy atom. The quantitative estimate of drug-likeness (QED) is 0.204. The summed E-state index contributed by atoms with van der Waals surface area (Å²) in [6, 6.07) is 17.5. The zero-order chi connectivity index (χ0) is 31.8. The summed E-state index contributed by atoms with van der Waals surface area (Å²) in [4.78, 5) is 40.7. The molecule has 3 heterocycles. The van der Waals surface area contributed by atoms with E-state index in [1.165, 1.54) is 17.9 Å². The first-order valence-electron chi connectivity index (χ1n) is 14.3. The number of fused-ring (bicyclic) bond motifs is 1. The molecular formula is C34H28ClF2N5O3. The Bertz CT molecular complexity index is 1980. The molecule has 1 N–H and O–H groups in total. The van der Waals surface area contributed by atoms with Crippen LogP contribution in [0.5, 0.6) is 0 Å². The van der Waals surface area contributed by atoms with Gasteiger partial charge >= 0.3 is 0 Å². The molecule has 2 aromatic heterocycles. The van der Waals surface area contributed by atoms with Crippen LogP contribution in [0.25, 0.3) is 33.2 Å². The second kappa shape index (κ2) is 12.2. The van der Waals surface area contributed by atoms with Crippen LogP contribution in [0.4, 0.5) is 14.5 Å². The molecule has 2 atom stereocenters. The van der Waals surface area contributed by atoms with Gasteiger partial charge in [-0.15, -0.1) is 0 Å². The van der Waals surface area contributed by atoms with Crippen LogP contribution in [0.2, 0.25) is 5.02 Å². The molecule has 0 saturated carbocycles. The van der Waals surface area contributed by atoms with Crippen LogP contribution >= 0.6 is 11.6 Å². The lowest BCUT2D eigenvalue weighted by Crippen LogP contribution is -2.44.